The molecule has 0 N–H and O–H groups in total. The van der Waals surface area contributed by atoms with Gasteiger partial charge in [-0.1, -0.05) is 0 Å². The predicted octanol–water partition coefficient (Wildman–Crippen LogP) is 1.90. The molecule has 0 amide bonds. The summed E-state index contributed by atoms with van der Waals surface area (Å²) < 4.78 is 4.51. The molecule has 3 rings (SSSR count). The number of hydrogen-bond donors (Lipinski definition) is 0. The first-order valence-corrected chi connectivity index (χ1v) is 7.41. The molecule has 0 atom stereocenters. The summed E-state index contributed by atoms with van der Waals surface area (Å²) in [6.45, 7) is 6.34. The second-order valence-electron chi connectivity index (χ2n) is 5.72. The molecule has 0 spiro atoms. The van der Waals surface area contributed by atoms with E-state index in [0.29, 0.717) is 5.92 Å². The molecule has 0 aliphatic carbocycles. The van der Waals surface area contributed by atoms with Crippen molar-refractivity contribution >= 4 is 0 Å². The zero-order chi connectivity index (χ0) is 13.9. The van der Waals surface area contributed by atoms with Crippen molar-refractivity contribution in [1.82, 2.24) is 24.0 Å². The normalized spacial score (nSPS) is 17.7. The molecule has 0 bridgehead atoms. The van der Waals surface area contributed by atoms with Crippen LogP contribution in [0.2, 0.25) is 0 Å². The summed E-state index contributed by atoms with van der Waals surface area (Å²) in [5, 5.41) is 0. The number of imidazole rings is 2. The van der Waals surface area contributed by atoms with Crippen LogP contribution in [-0.2, 0) is 13.1 Å². The molecule has 1 aliphatic heterocycles. The molecule has 0 unspecified atom stereocenters. The Hall–Kier alpha value is -1.62. The quantitative estimate of drug-likeness (QED) is 0.854. The predicted molar refractivity (Wildman–Crippen MR) is 78.7 cm³/mol. The van der Waals surface area contributed by atoms with Gasteiger partial charge >= 0.3 is 0 Å². The summed E-state index contributed by atoms with van der Waals surface area (Å²) in [5.74, 6) is 2.95. The lowest BCUT2D eigenvalue weighted by atomic mass is 9.96. The molecular formula is C15H23N5. The number of rotatable bonds is 4. The Morgan fingerprint density at radius 1 is 1.05 bits per heavy atom. The van der Waals surface area contributed by atoms with Crippen LogP contribution >= 0.6 is 0 Å². The van der Waals surface area contributed by atoms with Crippen LogP contribution < -0.4 is 0 Å². The number of hydrogen-bond acceptors (Lipinski definition) is 3. The molecule has 0 saturated carbocycles. The highest BCUT2D eigenvalue weighted by atomic mass is 15.1. The Labute approximate surface area is 120 Å². The van der Waals surface area contributed by atoms with Crippen molar-refractivity contribution in [3.63, 3.8) is 0 Å². The van der Waals surface area contributed by atoms with E-state index < -0.39 is 0 Å². The molecule has 3 heterocycles. The van der Waals surface area contributed by atoms with E-state index in [1.165, 1.54) is 31.8 Å². The number of aryl methyl sites for hydroxylation is 3. The lowest BCUT2D eigenvalue weighted by Gasteiger charge is -2.28. The first-order valence-electron chi connectivity index (χ1n) is 7.41. The number of piperidine rings is 1. The van der Waals surface area contributed by atoms with E-state index in [9.17, 15) is 0 Å². The zero-order valence-corrected chi connectivity index (χ0v) is 12.4. The van der Waals surface area contributed by atoms with Gasteiger partial charge in [-0.3, -0.25) is 0 Å². The molecule has 1 fully saturated rings. The Bertz CT molecular complexity index is 548. The maximum Gasteiger partial charge on any atom is 0.111 e. The van der Waals surface area contributed by atoms with E-state index in [4.69, 9.17) is 0 Å². The summed E-state index contributed by atoms with van der Waals surface area (Å²) in [6, 6.07) is 0. The van der Waals surface area contributed by atoms with Crippen molar-refractivity contribution in [1.29, 1.82) is 0 Å². The molecule has 2 aromatic rings. The highest BCUT2D eigenvalue weighted by molar-refractivity contribution is 5.02. The number of aromatic nitrogens is 4. The first-order chi connectivity index (χ1) is 9.74. The third-order valence-electron chi connectivity index (χ3n) is 4.34. The van der Waals surface area contributed by atoms with Crippen molar-refractivity contribution in [2.75, 3.05) is 20.1 Å². The minimum atomic E-state index is 0.616. The molecule has 1 saturated heterocycles. The van der Waals surface area contributed by atoms with Gasteiger partial charge in [0, 0.05) is 43.8 Å². The van der Waals surface area contributed by atoms with Gasteiger partial charge in [-0.05, 0) is 39.9 Å². The summed E-state index contributed by atoms with van der Waals surface area (Å²) >= 11 is 0. The fraction of sp³-hybridized carbons (Fsp3) is 0.600. The lowest BCUT2D eigenvalue weighted by Crippen LogP contribution is -2.30. The van der Waals surface area contributed by atoms with E-state index in [1.807, 2.05) is 25.5 Å². The van der Waals surface area contributed by atoms with Gasteiger partial charge in [0.1, 0.15) is 11.6 Å². The molecule has 5 heteroatoms. The van der Waals surface area contributed by atoms with Gasteiger partial charge in [0.15, 0.2) is 0 Å². The molecule has 20 heavy (non-hydrogen) atoms. The van der Waals surface area contributed by atoms with Crippen LogP contribution in [0.15, 0.2) is 24.8 Å². The van der Waals surface area contributed by atoms with Gasteiger partial charge < -0.3 is 14.0 Å². The van der Waals surface area contributed by atoms with Gasteiger partial charge in [-0.25, -0.2) is 9.97 Å². The van der Waals surface area contributed by atoms with E-state index in [-0.39, 0.29) is 0 Å². The van der Waals surface area contributed by atoms with Crippen molar-refractivity contribution in [2.24, 2.45) is 0 Å². The van der Waals surface area contributed by atoms with Gasteiger partial charge in [-0.2, -0.15) is 0 Å². The van der Waals surface area contributed by atoms with Crippen LogP contribution in [0, 0.1) is 6.92 Å². The SMILES string of the molecule is Cc1nccn1CCn1ccnc1C1CCN(C)CC1. The van der Waals surface area contributed by atoms with Gasteiger partial charge in [0.2, 0.25) is 0 Å². The van der Waals surface area contributed by atoms with Crippen molar-refractivity contribution in [3.05, 3.63) is 36.4 Å². The van der Waals surface area contributed by atoms with Crippen molar-refractivity contribution < 1.29 is 0 Å². The van der Waals surface area contributed by atoms with Crippen LogP contribution in [0.3, 0.4) is 0 Å². The molecule has 0 aromatic carbocycles. The molecular weight excluding hydrogens is 250 g/mol. The summed E-state index contributed by atoms with van der Waals surface area (Å²) in [6.07, 6.45) is 10.4. The Balaban J connectivity index is 1.66. The van der Waals surface area contributed by atoms with Crippen LogP contribution in [-0.4, -0.2) is 44.1 Å². The number of nitrogens with zero attached hydrogens (tertiary/aromatic N) is 5. The summed E-state index contributed by atoms with van der Waals surface area (Å²) in [4.78, 5) is 11.3. The fourth-order valence-electron chi connectivity index (χ4n) is 2.99. The summed E-state index contributed by atoms with van der Waals surface area (Å²) in [7, 11) is 2.20. The van der Waals surface area contributed by atoms with Crippen LogP contribution in [0.5, 0.6) is 0 Å². The second-order valence-corrected chi connectivity index (χ2v) is 5.72. The van der Waals surface area contributed by atoms with Gasteiger partial charge in [0.05, 0.1) is 0 Å². The molecule has 0 radical (unpaired) electrons. The van der Waals surface area contributed by atoms with Crippen LogP contribution in [0.4, 0.5) is 0 Å². The van der Waals surface area contributed by atoms with Gasteiger partial charge in [-0.15, -0.1) is 0 Å². The Kier molecular flexibility index (Phi) is 3.87. The average molecular weight is 273 g/mol. The maximum atomic E-state index is 4.61. The van der Waals surface area contributed by atoms with Crippen molar-refractivity contribution in [2.45, 2.75) is 38.8 Å². The number of likely N-dealkylation sites (tertiary alicyclic amines) is 1. The lowest BCUT2D eigenvalue weighted by molar-refractivity contribution is 0.248. The monoisotopic (exact) mass is 273 g/mol. The topological polar surface area (TPSA) is 38.9 Å². The van der Waals surface area contributed by atoms with E-state index in [0.717, 1.165) is 18.9 Å². The van der Waals surface area contributed by atoms with E-state index in [1.54, 1.807) is 0 Å². The summed E-state index contributed by atoms with van der Waals surface area (Å²) in [5.41, 5.74) is 0. The van der Waals surface area contributed by atoms with Crippen molar-refractivity contribution in [3.8, 4) is 0 Å². The van der Waals surface area contributed by atoms with Gasteiger partial charge in [0.25, 0.3) is 0 Å². The third-order valence-corrected chi connectivity index (χ3v) is 4.34. The smallest absolute Gasteiger partial charge is 0.111 e. The molecule has 2 aromatic heterocycles. The Morgan fingerprint density at radius 3 is 2.40 bits per heavy atom. The third kappa shape index (κ3) is 2.77. The fourth-order valence-corrected chi connectivity index (χ4v) is 2.99. The Morgan fingerprint density at radius 2 is 1.70 bits per heavy atom. The second kappa shape index (κ2) is 5.79. The molecule has 5 nitrogen and oxygen atoms in total. The van der Waals surface area contributed by atoms with Crippen LogP contribution in [0.1, 0.15) is 30.4 Å². The zero-order valence-electron chi connectivity index (χ0n) is 12.4. The average Bonchev–Trinajstić information content (AvgIpc) is 3.06. The minimum absolute atomic E-state index is 0.616. The first kappa shape index (κ1) is 13.4. The standard InChI is InChI=1S/C15H23N5/c1-13-16-5-9-19(13)11-12-20-10-6-17-15(20)14-3-7-18(2)8-4-14/h5-6,9-10,14H,3-4,7-8,11-12H2,1-2H3. The van der Waals surface area contributed by atoms with E-state index >= 15 is 0 Å². The highest BCUT2D eigenvalue weighted by Gasteiger charge is 2.21. The maximum absolute atomic E-state index is 4.61. The highest BCUT2D eigenvalue weighted by Crippen LogP contribution is 2.26. The minimum Gasteiger partial charge on any atom is -0.333 e. The van der Waals surface area contributed by atoms with E-state index in [2.05, 4.69) is 37.2 Å². The van der Waals surface area contributed by atoms with Crippen LogP contribution in [0.25, 0.3) is 0 Å². The molecule has 108 valence electrons. The largest absolute Gasteiger partial charge is 0.333 e. The molecule has 1 aliphatic rings.